The monoisotopic (exact) mass is 302 g/mol. The summed E-state index contributed by atoms with van der Waals surface area (Å²) in [5, 5.41) is 3.03. The Hall–Kier alpha value is -1.34. The van der Waals surface area contributed by atoms with Crippen LogP contribution < -0.4 is 11.1 Å². The summed E-state index contributed by atoms with van der Waals surface area (Å²) >= 11 is 5.94. The third kappa shape index (κ3) is 6.72. The first-order valence-electron chi connectivity index (χ1n) is 6.12. The molecule has 0 radical (unpaired) electrons. The van der Waals surface area contributed by atoms with Gasteiger partial charge in [-0.3, -0.25) is 4.79 Å². The van der Waals surface area contributed by atoms with Gasteiger partial charge in [0.1, 0.15) is 6.61 Å². The third-order valence-electron chi connectivity index (χ3n) is 2.30. The topological polar surface area (TPSA) is 82.8 Å². The van der Waals surface area contributed by atoms with Gasteiger partial charge in [0, 0.05) is 12.8 Å². The van der Waals surface area contributed by atoms with Gasteiger partial charge in [0.05, 0.1) is 37.1 Å². The van der Waals surface area contributed by atoms with Crippen LogP contribution in [0.2, 0.25) is 5.02 Å². The van der Waals surface area contributed by atoms with Crippen molar-refractivity contribution in [1.82, 2.24) is 0 Å². The lowest BCUT2D eigenvalue weighted by Gasteiger charge is -2.08. The lowest BCUT2D eigenvalue weighted by molar-refractivity contribution is -0.121. The summed E-state index contributed by atoms with van der Waals surface area (Å²) in [6.07, 6.45) is 0. The molecule has 0 aliphatic carbocycles. The van der Waals surface area contributed by atoms with Crippen LogP contribution in [0.5, 0.6) is 0 Å². The van der Waals surface area contributed by atoms with Crippen LogP contribution in [0.3, 0.4) is 0 Å². The zero-order chi connectivity index (χ0) is 14.8. The molecule has 0 aliphatic rings. The molecule has 0 fully saturated rings. The van der Waals surface area contributed by atoms with E-state index in [1.54, 1.807) is 25.3 Å². The number of hydrogen-bond donors (Lipinski definition) is 2. The molecule has 1 aromatic rings. The molecule has 0 saturated carbocycles. The van der Waals surface area contributed by atoms with E-state index in [-0.39, 0.29) is 12.5 Å². The minimum atomic E-state index is -0.284. The molecule has 0 aromatic heterocycles. The van der Waals surface area contributed by atoms with Crippen LogP contribution in [0.1, 0.15) is 0 Å². The lowest BCUT2D eigenvalue weighted by Crippen LogP contribution is -2.20. The first-order chi connectivity index (χ1) is 9.63. The number of nitrogens with one attached hydrogen (secondary N) is 1. The molecule has 1 aromatic carbocycles. The largest absolute Gasteiger partial charge is 0.399 e. The summed E-state index contributed by atoms with van der Waals surface area (Å²) in [7, 11) is 1.60. The van der Waals surface area contributed by atoms with Crippen LogP contribution in [0, 0.1) is 0 Å². The Morgan fingerprint density at radius 1 is 1.25 bits per heavy atom. The fraction of sp³-hybridized carbons (Fsp3) is 0.462. The third-order valence-corrected chi connectivity index (χ3v) is 2.62. The van der Waals surface area contributed by atoms with E-state index in [2.05, 4.69) is 5.32 Å². The van der Waals surface area contributed by atoms with Gasteiger partial charge >= 0.3 is 0 Å². The number of amides is 1. The van der Waals surface area contributed by atoms with Crippen LogP contribution in [0.25, 0.3) is 0 Å². The van der Waals surface area contributed by atoms with Crippen molar-refractivity contribution < 1.29 is 19.0 Å². The van der Waals surface area contributed by atoms with Crippen LogP contribution in [-0.2, 0) is 19.0 Å². The van der Waals surface area contributed by atoms with Gasteiger partial charge < -0.3 is 25.3 Å². The number of anilines is 2. The van der Waals surface area contributed by atoms with Gasteiger partial charge in [-0.2, -0.15) is 0 Å². The van der Waals surface area contributed by atoms with Gasteiger partial charge in [0.25, 0.3) is 0 Å². The van der Waals surface area contributed by atoms with Gasteiger partial charge in [0.2, 0.25) is 5.91 Å². The molecule has 7 heteroatoms. The van der Waals surface area contributed by atoms with E-state index in [1.807, 2.05) is 0 Å². The van der Waals surface area contributed by atoms with Crippen molar-refractivity contribution in [3.8, 4) is 0 Å². The Morgan fingerprint density at radius 3 is 2.65 bits per heavy atom. The Bertz CT molecular complexity index is 429. The summed E-state index contributed by atoms with van der Waals surface area (Å²) in [6, 6.07) is 4.87. The summed E-state index contributed by atoms with van der Waals surface area (Å²) in [5.41, 5.74) is 6.61. The summed E-state index contributed by atoms with van der Waals surface area (Å²) < 4.78 is 15.2. The molecule has 6 nitrogen and oxygen atoms in total. The molecule has 0 heterocycles. The average molecular weight is 303 g/mol. The quantitative estimate of drug-likeness (QED) is 0.534. The Kier molecular flexibility index (Phi) is 7.98. The maximum absolute atomic E-state index is 11.6. The van der Waals surface area contributed by atoms with E-state index in [1.165, 1.54) is 0 Å². The highest BCUT2D eigenvalue weighted by Crippen LogP contribution is 2.23. The van der Waals surface area contributed by atoms with Crippen molar-refractivity contribution >= 4 is 28.9 Å². The first-order valence-corrected chi connectivity index (χ1v) is 6.50. The number of halogens is 1. The molecule has 0 unspecified atom stereocenters. The normalized spacial score (nSPS) is 10.5. The van der Waals surface area contributed by atoms with Crippen molar-refractivity contribution in [2.45, 2.75) is 0 Å². The second kappa shape index (κ2) is 9.55. The van der Waals surface area contributed by atoms with Crippen molar-refractivity contribution in [2.24, 2.45) is 0 Å². The Labute approximate surface area is 123 Å². The van der Waals surface area contributed by atoms with Gasteiger partial charge in [-0.15, -0.1) is 0 Å². The fourth-order valence-electron chi connectivity index (χ4n) is 1.35. The maximum Gasteiger partial charge on any atom is 0.250 e. The number of ether oxygens (including phenoxy) is 3. The zero-order valence-electron chi connectivity index (χ0n) is 11.4. The Morgan fingerprint density at radius 2 is 1.95 bits per heavy atom. The highest BCUT2D eigenvalue weighted by molar-refractivity contribution is 6.34. The molecule has 20 heavy (non-hydrogen) atoms. The average Bonchev–Trinajstić information content (AvgIpc) is 2.41. The molecule has 0 spiro atoms. The SMILES string of the molecule is COCCOCCOCC(=O)Nc1ccc(N)cc1Cl. The van der Waals surface area contributed by atoms with Gasteiger partial charge in [-0.25, -0.2) is 0 Å². The van der Waals surface area contributed by atoms with Crippen LogP contribution in [0.15, 0.2) is 18.2 Å². The summed E-state index contributed by atoms with van der Waals surface area (Å²) in [5.74, 6) is -0.284. The first kappa shape index (κ1) is 16.7. The van der Waals surface area contributed by atoms with Gasteiger partial charge in [-0.05, 0) is 18.2 Å². The molecule has 0 aliphatic heterocycles. The van der Waals surface area contributed by atoms with Gasteiger partial charge in [-0.1, -0.05) is 11.6 Å². The molecular weight excluding hydrogens is 284 g/mol. The summed E-state index contributed by atoms with van der Waals surface area (Å²) in [4.78, 5) is 11.6. The van der Waals surface area contributed by atoms with Crippen molar-refractivity contribution in [2.75, 3.05) is 51.2 Å². The molecule has 1 amide bonds. The number of carbonyl (C=O) groups is 1. The predicted octanol–water partition coefficient (Wildman–Crippen LogP) is 1.54. The maximum atomic E-state index is 11.6. The van der Waals surface area contributed by atoms with Crippen LogP contribution in [-0.4, -0.2) is 46.1 Å². The van der Waals surface area contributed by atoms with E-state index in [4.69, 9.17) is 31.5 Å². The van der Waals surface area contributed by atoms with E-state index in [9.17, 15) is 4.79 Å². The highest BCUT2D eigenvalue weighted by atomic mass is 35.5. The fourth-order valence-corrected chi connectivity index (χ4v) is 1.58. The smallest absolute Gasteiger partial charge is 0.250 e. The number of carbonyl (C=O) groups excluding carboxylic acids is 1. The molecule has 0 atom stereocenters. The number of hydrogen-bond acceptors (Lipinski definition) is 5. The number of nitrogen functional groups attached to an aromatic ring is 1. The molecule has 0 bridgehead atoms. The molecular formula is C13H19ClN2O4. The van der Waals surface area contributed by atoms with E-state index in [0.717, 1.165) is 0 Å². The highest BCUT2D eigenvalue weighted by Gasteiger charge is 2.06. The number of nitrogens with two attached hydrogens (primary N) is 1. The minimum Gasteiger partial charge on any atom is -0.399 e. The van der Waals surface area contributed by atoms with Crippen molar-refractivity contribution in [3.05, 3.63) is 23.2 Å². The second-order valence-corrected chi connectivity index (χ2v) is 4.35. The number of rotatable bonds is 9. The van der Waals surface area contributed by atoms with Crippen molar-refractivity contribution in [1.29, 1.82) is 0 Å². The number of methoxy groups -OCH3 is 1. The standard InChI is InChI=1S/C13H19ClN2O4/c1-18-4-5-19-6-7-20-9-13(17)16-12-3-2-10(15)8-11(12)14/h2-3,8H,4-7,9,15H2,1H3,(H,16,17). The van der Waals surface area contributed by atoms with Crippen LogP contribution in [0.4, 0.5) is 11.4 Å². The molecule has 112 valence electrons. The molecule has 3 N–H and O–H groups in total. The minimum absolute atomic E-state index is 0.0612. The molecule has 1 rings (SSSR count). The van der Waals surface area contributed by atoms with Crippen molar-refractivity contribution in [3.63, 3.8) is 0 Å². The summed E-state index contributed by atoms with van der Waals surface area (Å²) in [6.45, 7) is 1.74. The van der Waals surface area contributed by atoms with Gasteiger partial charge in [0.15, 0.2) is 0 Å². The number of benzene rings is 1. The zero-order valence-corrected chi connectivity index (χ0v) is 12.1. The second-order valence-electron chi connectivity index (χ2n) is 3.95. The van der Waals surface area contributed by atoms with E-state index in [0.29, 0.717) is 42.8 Å². The molecule has 0 saturated heterocycles. The Balaban J connectivity index is 2.17. The van der Waals surface area contributed by atoms with E-state index < -0.39 is 0 Å². The van der Waals surface area contributed by atoms with Crippen LogP contribution >= 0.6 is 11.6 Å². The lowest BCUT2D eigenvalue weighted by atomic mass is 10.3. The predicted molar refractivity (Wildman–Crippen MR) is 78.0 cm³/mol. The van der Waals surface area contributed by atoms with E-state index >= 15 is 0 Å².